The van der Waals surface area contributed by atoms with Crippen molar-refractivity contribution in [3.05, 3.63) is 42.0 Å². The van der Waals surface area contributed by atoms with Crippen LogP contribution in [0.5, 0.6) is 0 Å². The topological polar surface area (TPSA) is 29.5 Å². The van der Waals surface area contributed by atoms with Crippen LogP contribution in [0.4, 0.5) is 4.79 Å². The van der Waals surface area contributed by atoms with Crippen LogP contribution in [-0.2, 0) is 4.74 Å². The molecule has 1 aliphatic rings. The monoisotopic (exact) mass is 319 g/mol. The fourth-order valence-corrected chi connectivity index (χ4v) is 3.79. The van der Waals surface area contributed by atoms with Gasteiger partial charge in [0.2, 0.25) is 0 Å². The summed E-state index contributed by atoms with van der Waals surface area (Å²) in [4.78, 5) is 14.5. The summed E-state index contributed by atoms with van der Waals surface area (Å²) in [6.45, 7) is 10.6. The maximum Gasteiger partial charge on any atom is 0.284 e. The number of carbonyl (C=O) groups excluding carboxylic acids is 1. The van der Waals surface area contributed by atoms with Crippen LogP contribution in [0.25, 0.3) is 6.08 Å². The van der Waals surface area contributed by atoms with Crippen molar-refractivity contribution in [2.75, 3.05) is 6.61 Å². The lowest BCUT2D eigenvalue weighted by Crippen LogP contribution is -2.51. The maximum absolute atomic E-state index is 12.7. The lowest BCUT2D eigenvalue weighted by atomic mass is 10.1. The van der Waals surface area contributed by atoms with Crippen molar-refractivity contribution >= 4 is 23.1 Å². The van der Waals surface area contributed by atoms with E-state index in [4.69, 9.17) is 4.74 Å². The van der Waals surface area contributed by atoms with Gasteiger partial charge in [0.25, 0.3) is 5.24 Å². The molecule has 1 aromatic rings. The molecule has 1 atom stereocenters. The molecule has 1 saturated heterocycles. The number of hydrogen-bond acceptors (Lipinski definition) is 3. The highest BCUT2D eigenvalue weighted by Gasteiger charge is 2.48. The maximum atomic E-state index is 12.7. The van der Waals surface area contributed by atoms with Crippen LogP contribution in [0, 0.1) is 0 Å². The first-order chi connectivity index (χ1) is 10.2. The summed E-state index contributed by atoms with van der Waals surface area (Å²) in [5.41, 5.74) is 0.333. The number of rotatable bonds is 3. The van der Waals surface area contributed by atoms with E-state index in [0.717, 1.165) is 5.56 Å². The van der Waals surface area contributed by atoms with E-state index < -0.39 is 5.72 Å². The second kappa shape index (κ2) is 6.47. The Hall–Kier alpha value is -1.26. The van der Waals surface area contributed by atoms with E-state index >= 15 is 0 Å². The van der Waals surface area contributed by atoms with Crippen LogP contribution in [-0.4, -0.2) is 33.3 Å². The molecule has 120 valence electrons. The standard InChI is InChI=1S/C18H25NO2S/c1-14(11-12-15-9-7-6-8-10-15)22-16(20)19-17(2,3)13-21-18(19,4)5/h6-12,14H,13H2,1-5H3/b12-11+/t14-/m1/s1. The highest BCUT2D eigenvalue weighted by atomic mass is 32.2. The van der Waals surface area contributed by atoms with E-state index in [1.54, 1.807) is 0 Å². The summed E-state index contributed by atoms with van der Waals surface area (Å²) in [5.74, 6) is 0. The molecule has 1 heterocycles. The van der Waals surface area contributed by atoms with E-state index in [0.29, 0.717) is 6.61 Å². The van der Waals surface area contributed by atoms with Crippen molar-refractivity contribution in [2.45, 2.75) is 51.1 Å². The molecule has 0 saturated carbocycles. The van der Waals surface area contributed by atoms with E-state index in [2.05, 4.69) is 24.3 Å². The minimum Gasteiger partial charge on any atom is -0.354 e. The summed E-state index contributed by atoms with van der Waals surface area (Å²) in [6.07, 6.45) is 4.12. The third kappa shape index (κ3) is 3.93. The van der Waals surface area contributed by atoms with Gasteiger partial charge in [-0.25, -0.2) is 0 Å². The molecule has 0 radical (unpaired) electrons. The molecule has 2 rings (SSSR count). The molecule has 22 heavy (non-hydrogen) atoms. The molecule has 1 fully saturated rings. The smallest absolute Gasteiger partial charge is 0.284 e. The lowest BCUT2D eigenvalue weighted by molar-refractivity contribution is -0.0298. The van der Waals surface area contributed by atoms with E-state index in [1.165, 1.54) is 11.8 Å². The van der Waals surface area contributed by atoms with Crippen LogP contribution in [0.3, 0.4) is 0 Å². The molecule has 3 nitrogen and oxygen atoms in total. The van der Waals surface area contributed by atoms with Crippen molar-refractivity contribution in [3.63, 3.8) is 0 Å². The van der Waals surface area contributed by atoms with Crippen molar-refractivity contribution in [1.82, 2.24) is 4.90 Å². The summed E-state index contributed by atoms with van der Waals surface area (Å²) in [6, 6.07) is 10.1. The fourth-order valence-electron chi connectivity index (χ4n) is 2.74. The predicted octanol–water partition coefficient (Wildman–Crippen LogP) is 4.79. The number of ether oxygens (including phenoxy) is 1. The van der Waals surface area contributed by atoms with Gasteiger partial charge in [0.05, 0.1) is 12.1 Å². The predicted molar refractivity (Wildman–Crippen MR) is 93.9 cm³/mol. The molecule has 0 aliphatic carbocycles. The fraction of sp³-hybridized carbons (Fsp3) is 0.500. The molecular formula is C18H25NO2S. The number of benzene rings is 1. The zero-order valence-electron chi connectivity index (χ0n) is 14.0. The highest BCUT2D eigenvalue weighted by Crippen LogP contribution is 2.37. The van der Waals surface area contributed by atoms with Crippen LogP contribution >= 0.6 is 11.8 Å². The third-order valence-corrected chi connectivity index (χ3v) is 4.66. The van der Waals surface area contributed by atoms with Gasteiger partial charge in [-0.05, 0) is 40.2 Å². The Labute approximate surface area is 137 Å². The Morgan fingerprint density at radius 1 is 1.27 bits per heavy atom. The third-order valence-electron chi connectivity index (χ3n) is 3.75. The van der Waals surface area contributed by atoms with Gasteiger partial charge in [-0.1, -0.05) is 54.2 Å². The van der Waals surface area contributed by atoms with Crippen molar-refractivity contribution in [1.29, 1.82) is 0 Å². The number of nitrogens with zero attached hydrogens (tertiary/aromatic N) is 1. The summed E-state index contributed by atoms with van der Waals surface area (Å²) >= 11 is 1.34. The Balaban J connectivity index is 2.01. The molecule has 0 bridgehead atoms. The number of hydrogen-bond donors (Lipinski definition) is 0. The van der Waals surface area contributed by atoms with Crippen molar-refractivity contribution in [2.24, 2.45) is 0 Å². The summed E-state index contributed by atoms with van der Waals surface area (Å²) in [5, 5.41) is 0.178. The van der Waals surface area contributed by atoms with Crippen molar-refractivity contribution in [3.8, 4) is 0 Å². The minimum absolute atomic E-state index is 0.0673. The average molecular weight is 319 g/mol. The van der Waals surface area contributed by atoms with Crippen LogP contribution in [0.1, 0.15) is 40.2 Å². The second-order valence-electron chi connectivity index (χ2n) is 6.74. The second-order valence-corrected chi connectivity index (χ2v) is 8.07. The van der Waals surface area contributed by atoms with E-state index in [1.807, 2.05) is 57.7 Å². The van der Waals surface area contributed by atoms with Gasteiger partial charge < -0.3 is 4.74 Å². The van der Waals surface area contributed by atoms with Gasteiger partial charge >= 0.3 is 0 Å². The molecule has 0 N–H and O–H groups in total. The molecule has 0 spiro atoms. The zero-order chi connectivity index (χ0) is 16.4. The Kier molecular flexibility index (Phi) is 5.03. The van der Waals surface area contributed by atoms with Gasteiger partial charge in [-0.15, -0.1) is 0 Å². The summed E-state index contributed by atoms with van der Waals surface area (Å²) < 4.78 is 5.77. The Morgan fingerprint density at radius 3 is 2.45 bits per heavy atom. The van der Waals surface area contributed by atoms with Crippen LogP contribution < -0.4 is 0 Å². The molecule has 0 unspecified atom stereocenters. The number of thioether (sulfide) groups is 1. The average Bonchev–Trinajstić information content (AvgIpc) is 2.66. The van der Waals surface area contributed by atoms with Gasteiger partial charge in [0.15, 0.2) is 0 Å². The van der Waals surface area contributed by atoms with Gasteiger partial charge in [0.1, 0.15) is 5.72 Å². The minimum atomic E-state index is -0.545. The normalized spacial score (nSPS) is 21.2. The SMILES string of the molecule is C[C@H](/C=C/c1ccccc1)SC(=O)N1C(C)(C)COC1(C)C. The summed E-state index contributed by atoms with van der Waals surface area (Å²) in [7, 11) is 0. The first-order valence-electron chi connectivity index (χ1n) is 7.60. The van der Waals surface area contributed by atoms with Crippen LogP contribution in [0.2, 0.25) is 0 Å². The molecule has 1 aliphatic heterocycles. The molecule has 1 aromatic carbocycles. The largest absolute Gasteiger partial charge is 0.354 e. The quantitative estimate of drug-likeness (QED) is 0.802. The zero-order valence-corrected chi connectivity index (χ0v) is 14.8. The number of carbonyl (C=O) groups is 1. The van der Waals surface area contributed by atoms with Gasteiger partial charge in [0, 0.05) is 5.25 Å². The Morgan fingerprint density at radius 2 is 1.91 bits per heavy atom. The van der Waals surface area contributed by atoms with Crippen LogP contribution in [0.15, 0.2) is 36.4 Å². The highest BCUT2D eigenvalue weighted by molar-refractivity contribution is 8.14. The first kappa shape index (κ1) is 17.1. The van der Waals surface area contributed by atoms with Crippen molar-refractivity contribution < 1.29 is 9.53 Å². The van der Waals surface area contributed by atoms with Gasteiger partial charge in [-0.3, -0.25) is 9.69 Å². The molecule has 0 aromatic heterocycles. The molecular weight excluding hydrogens is 294 g/mol. The van der Waals surface area contributed by atoms with E-state index in [-0.39, 0.29) is 16.0 Å². The van der Waals surface area contributed by atoms with Gasteiger partial charge in [-0.2, -0.15) is 0 Å². The molecule has 4 heteroatoms. The lowest BCUT2D eigenvalue weighted by Gasteiger charge is -2.37. The molecule has 1 amide bonds. The Bertz CT molecular complexity index is 535. The first-order valence-corrected chi connectivity index (χ1v) is 8.48. The number of amides is 1. The van der Waals surface area contributed by atoms with E-state index in [9.17, 15) is 4.79 Å².